The lowest BCUT2D eigenvalue weighted by molar-refractivity contribution is 0.0594. The first-order valence-corrected chi connectivity index (χ1v) is 3.64. The van der Waals surface area contributed by atoms with E-state index in [0.29, 0.717) is 0 Å². The number of carbonyl (C=O) groups excluding carboxylic acids is 1. The van der Waals surface area contributed by atoms with Crippen molar-refractivity contribution in [3.63, 3.8) is 0 Å². The minimum absolute atomic E-state index is 0.119. The second kappa shape index (κ2) is 3.57. The first-order valence-electron chi connectivity index (χ1n) is 3.26. The fraction of sp³-hybridized carbons (Fsp3) is 0.143. The van der Waals surface area contributed by atoms with E-state index in [0.717, 1.165) is 6.07 Å². The molecule has 1 rings (SSSR count). The maximum absolute atomic E-state index is 12.8. The van der Waals surface area contributed by atoms with E-state index in [1.54, 1.807) is 0 Å². The number of anilines is 1. The molecule has 6 heteroatoms. The number of carbonyl (C=O) groups is 1. The number of nitrogens with zero attached hydrogens (tertiary/aromatic N) is 1. The van der Waals surface area contributed by atoms with Gasteiger partial charge >= 0.3 is 5.97 Å². The predicted molar refractivity (Wildman–Crippen MR) is 45.0 cm³/mol. The van der Waals surface area contributed by atoms with Crippen molar-refractivity contribution in [2.45, 2.75) is 0 Å². The van der Waals surface area contributed by atoms with Crippen LogP contribution in [-0.2, 0) is 4.74 Å². The summed E-state index contributed by atoms with van der Waals surface area (Å²) in [6, 6.07) is 1.06. The van der Waals surface area contributed by atoms with Gasteiger partial charge in [0.15, 0.2) is 16.7 Å². The number of pyridine rings is 1. The van der Waals surface area contributed by atoms with E-state index >= 15 is 0 Å². The van der Waals surface area contributed by atoms with Crippen LogP contribution in [0.15, 0.2) is 6.07 Å². The molecule has 0 fully saturated rings. The molecule has 4 nitrogen and oxygen atoms in total. The average Bonchev–Trinajstić information content (AvgIpc) is 2.12. The van der Waals surface area contributed by atoms with E-state index in [1.807, 2.05) is 0 Å². The second-order valence-electron chi connectivity index (χ2n) is 2.19. The van der Waals surface area contributed by atoms with Crippen molar-refractivity contribution < 1.29 is 13.9 Å². The molecule has 1 aromatic rings. The van der Waals surface area contributed by atoms with Crippen LogP contribution in [0.3, 0.4) is 0 Å². The van der Waals surface area contributed by atoms with Crippen LogP contribution in [0.4, 0.5) is 10.1 Å². The zero-order valence-electron chi connectivity index (χ0n) is 6.67. The van der Waals surface area contributed by atoms with Gasteiger partial charge in [-0.15, -0.1) is 0 Å². The third kappa shape index (κ3) is 1.86. The van der Waals surface area contributed by atoms with Crippen molar-refractivity contribution in [2.75, 3.05) is 12.8 Å². The molecule has 0 spiro atoms. The molecule has 0 unspecified atom stereocenters. The van der Waals surface area contributed by atoms with Gasteiger partial charge in [0.05, 0.1) is 12.8 Å². The van der Waals surface area contributed by atoms with Crippen LogP contribution in [0.1, 0.15) is 10.5 Å². The normalized spacial score (nSPS) is 9.77. The Balaban J connectivity index is 3.20. The summed E-state index contributed by atoms with van der Waals surface area (Å²) in [4.78, 5) is 14.3. The Bertz CT molecular complexity index is 333. The third-order valence-electron chi connectivity index (χ3n) is 1.34. The maximum atomic E-state index is 12.8. The predicted octanol–water partition coefficient (Wildman–Crippen LogP) is 1.24. The van der Waals surface area contributed by atoms with E-state index in [1.165, 1.54) is 7.11 Å². The van der Waals surface area contributed by atoms with Crippen molar-refractivity contribution in [3.8, 4) is 0 Å². The third-order valence-corrected chi connectivity index (χ3v) is 1.59. The van der Waals surface area contributed by atoms with Gasteiger partial charge in [-0.05, 0) is 6.07 Å². The molecule has 0 bridgehead atoms. The van der Waals surface area contributed by atoms with Gasteiger partial charge < -0.3 is 10.5 Å². The van der Waals surface area contributed by atoms with E-state index in [2.05, 4.69) is 9.72 Å². The number of ether oxygens (including phenoxy) is 1. The summed E-state index contributed by atoms with van der Waals surface area (Å²) in [7, 11) is 1.18. The Kier molecular flexibility index (Phi) is 2.67. The zero-order chi connectivity index (χ0) is 10.0. The number of rotatable bonds is 1. The topological polar surface area (TPSA) is 65.2 Å². The lowest BCUT2D eigenvalue weighted by Crippen LogP contribution is -2.07. The van der Waals surface area contributed by atoms with Crippen LogP contribution in [0.25, 0.3) is 0 Å². The van der Waals surface area contributed by atoms with Gasteiger partial charge in [0.2, 0.25) is 0 Å². The quantitative estimate of drug-likeness (QED) is 0.552. The Morgan fingerprint density at radius 2 is 2.38 bits per heavy atom. The summed E-state index contributed by atoms with van der Waals surface area (Å²) in [5.41, 5.74) is 4.85. The number of nitrogen functional groups attached to an aromatic ring is 1. The Labute approximate surface area is 78.5 Å². The van der Waals surface area contributed by atoms with Gasteiger partial charge in [-0.3, -0.25) is 0 Å². The molecule has 13 heavy (non-hydrogen) atoms. The highest BCUT2D eigenvalue weighted by Crippen LogP contribution is 2.19. The van der Waals surface area contributed by atoms with Crippen LogP contribution >= 0.6 is 11.6 Å². The van der Waals surface area contributed by atoms with E-state index in [9.17, 15) is 9.18 Å². The molecule has 0 aromatic carbocycles. The number of hydrogen-bond donors (Lipinski definition) is 1. The smallest absolute Gasteiger partial charge is 0.356 e. The van der Waals surface area contributed by atoms with Gasteiger partial charge in [0.1, 0.15) is 0 Å². The minimum Gasteiger partial charge on any atom is -0.464 e. The van der Waals surface area contributed by atoms with Gasteiger partial charge in [-0.1, -0.05) is 11.6 Å². The highest BCUT2D eigenvalue weighted by atomic mass is 35.5. The number of halogens is 2. The van der Waals surface area contributed by atoms with Crippen molar-refractivity contribution in [2.24, 2.45) is 0 Å². The van der Waals surface area contributed by atoms with Crippen LogP contribution < -0.4 is 5.73 Å². The summed E-state index contributed by atoms with van der Waals surface area (Å²) >= 11 is 5.35. The van der Waals surface area contributed by atoms with Gasteiger partial charge in [0.25, 0.3) is 0 Å². The molecule has 0 saturated carbocycles. The standard InChI is InChI=1S/C7H6ClFN2O2/c1-13-7(12)4-2-3(10)5(9)6(8)11-4/h2H,1H3,(H2,10,11). The lowest BCUT2D eigenvalue weighted by atomic mass is 10.3. The zero-order valence-corrected chi connectivity index (χ0v) is 7.43. The summed E-state index contributed by atoms with van der Waals surface area (Å²) in [6.07, 6.45) is 0. The number of aromatic nitrogens is 1. The average molecular weight is 205 g/mol. The summed E-state index contributed by atoms with van der Waals surface area (Å²) in [5, 5.41) is -0.444. The van der Waals surface area contributed by atoms with Gasteiger partial charge in [-0.25, -0.2) is 14.2 Å². The molecule has 0 aliphatic rings. The number of esters is 1. The van der Waals surface area contributed by atoms with E-state index in [4.69, 9.17) is 17.3 Å². The number of methoxy groups -OCH3 is 1. The van der Waals surface area contributed by atoms with Gasteiger partial charge in [-0.2, -0.15) is 0 Å². The first kappa shape index (κ1) is 9.73. The van der Waals surface area contributed by atoms with Crippen molar-refractivity contribution >= 4 is 23.3 Å². The van der Waals surface area contributed by atoms with E-state index in [-0.39, 0.29) is 11.4 Å². The van der Waals surface area contributed by atoms with Crippen LogP contribution in [0.2, 0.25) is 5.15 Å². The van der Waals surface area contributed by atoms with Crippen LogP contribution in [0, 0.1) is 5.82 Å². The SMILES string of the molecule is COC(=O)c1cc(N)c(F)c(Cl)n1. The molecular formula is C7H6ClFN2O2. The van der Waals surface area contributed by atoms with E-state index < -0.39 is 16.9 Å². The molecule has 2 N–H and O–H groups in total. The molecule has 0 saturated heterocycles. The van der Waals surface area contributed by atoms with Crippen molar-refractivity contribution in [3.05, 3.63) is 22.7 Å². The molecule has 0 atom stereocenters. The Morgan fingerprint density at radius 3 is 2.85 bits per heavy atom. The van der Waals surface area contributed by atoms with Crippen LogP contribution in [-0.4, -0.2) is 18.1 Å². The fourth-order valence-corrected chi connectivity index (χ4v) is 0.926. The molecule has 0 aliphatic heterocycles. The molecule has 0 amide bonds. The summed E-state index contributed by atoms with van der Waals surface area (Å²) < 4.78 is 17.2. The highest BCUT2D eigenvalue weighted by Gasteiger charge is 2.13. The lowest BCUT2D eigenvalue weighted by Gasteiger charge is -2.02. The first-order chi connectivity index (χ1) is 6.06. The molecule has 0 aliphatic carbocycles. The molecule has 0 radical (unpaired) electrons. The molecule has 1 heterocycles. The maximum Gasteiger partial charge on any atom is 0.356 e. The molecule has 1 aromatic heterocycles. The van der Waals surface area contributed by atoms with Crippen molar-refractivity contribution in [1.82, 2.24) is 4.98 Å². The second-order valence-corrected chi connectivity index (χ2v) is 2.55. The molecular weight excluding hydrogens is 199 g/mol. The minimum atomic E-state index is -0.839. The largest absolute Gasteiger partial charge is 0.464 e. The monoisotopic (exact) mass is 204 g/mol. The number of nitrogens with two attached hydrogens (primary N) is 1. The molecule has 70 valence electrons. The summed E-state index contributed by atoms with van der Waals surface area (Å²) in [6.45, 7) is 0. The Morgan fingerprint density at radius 1 is 1.77 bits per heavy atom. The van der Waals surface area contributed by atoms with Gasteiger partial charge in [0, 0.05) is 0 Å². The van der Waals surface area contributed by atoms with Crippen LogP contribution in [0.5, 0.6) is 0 Å². The fourth-order valence-electron chi connectivity index (χ4n) is 0.726. The van der Waals surface area contributed by atoms with Crippen molar-refractivity contribution in [1.29, 1.82) is 0 Å². The number of hydrogen-bond acceptors (Lipinski definition) is 4. The Hall–Kier alpha value is -1.36. The highest BCUT2D eigenvalue weighted by molar-refractivity contribution is 6.30. The summed E-state index contributed by atoms with van der Waals surface area (Å²) in [5.74, 6) is -1.55.